The van der Waals surface area contributed by atoms with E-state index in [2.05, 4.69) is 20.8 Å². The molecular weight excluding hydrogens is 438 g/mol. The first-order valence-electron chi connectivity index (χ1n) is 9.20. The van der Waals surface area contributed by atoms with Crippen molar-refractivity contribution in [2.75, 3.05) is 5.32 Å². The molecule has 0 bridgehead atoms. The predicted molar refractivity (Wildman–Crippen MR) is 119 cm³/mol. The van der Waals surface area contributed by atoms with Gasteiger partial charge in [-0.1, -0.05) is 11.8 Å². The smallest absolute Gasteiger partial charge is 0.335 e. The molecule has 3 rings (SSSR count). The Morgan fingerprint density at radius 3 is 2.38 bits per heavy atom. The van der Waals surface area contributed by atoms with Crippen LogP contribution in [-0.4, -0.2) is 43.9 Å². The van der Waals surface area contributed by atoms with Crippen LogP contribution in [-0.2, 0) is 9.59 Å². The maximum atomic E-state index is 12.2. The van der Waals surface area contributed by atoms with Crippen LogP contribution >= 0.6 is 11.8 Å². The third kappa shape index (κ3) is 5.76. The zero-order valence-electron chi connectivity index (χ0n) is 16.6. The quantitative estimate of drug-likeness (QED) is 0.328. The molecule has 1 fully saturated rings. The number of nitrogens with zero attached hydrogens (tertiary/aromatic N) is 3. The molecule has 3 N–H and O–H groups in total. The van der Waals surface area contributed by atoms with E-state index in [4.69, 9.17) is 5.11 Å². The van der Waals surface area contributed by atoms with Gasteiger partial charge >= 0.3 is 5.97 Å². The van der Waals surface area contributed by atoms with Crippen LogP contribution < -0.4 is 10.6 Å². The number of aromatic carboxylic acids is 1. The Balaban J connectivity index is 1.58. The molecule has 0 saturated carbocycles. The predicted octanol–water partition coefficient (Wildman–Crippen LogP) is 2.63. The first-order chi connectivity index (χ1) is 15.2. The third-order valence-corrected chi connectivity index (χ3v) is 5.42. The van der Waals surface area contributed by atoms with Crippen LogP contribution in [0.4, 0.5) is 11.4 Å². The van der Waals surface area contributed by atoms with Crippen LogP contribution in [0.3, 0.4) is 0 Å². The highest BCUT2D eigenvalue weighted by atomic mass is 32.2. The number of non-ortho nitro benzene ring substituents is 1. The van der Waals surface area contributed by atoms with Gasteiger partial charge in [0.25, 0.3) is 5.69 Å². The van der Waals surface area contributed by atoms with E-state index in [0.29, 0.717) is 17.0 Å². The van der Waals surface area contributed by atoms with Crippen molar-refractivity contribution >= 4 is 51.8 Å². The van der Waals surface area contributed by atoms with Crippen LogP contribution in [0.5, 0.6) is 0 Å². The Morgan fingerprint density at radius 2 is 1.78 bits per heavy atom. The molecule has 2 amide bonds. The maximum absolute atomic E-state index is 12.2. The number of carboxylic acid groups (broad SMARTS) is 1. The lowest BCUT2D eigenvalue weighted by Gasteiger charge is -2.07. The van der Waals surface area contributed by atoms with Crippen molar-refractivity contribution < 1.29 is 24.4 Å². The first-order valence-corrected chi connectivity index (χ1v) is 10.1. The number of amides is 2. The number of rotatable bonds is 7. The monoisotopic (exact) mass is 455 g/mol. The second-order valence-corrected chi connectivity index (χ2v) is 7.82. The molecule has 1 aliphatic rings. The van der Waals surface area contributed by atoms with Gasteiger partial charge in [0.15, 0.2) is 5.17 Å². The normalized spacial score (nSPS) is 17.2. The van der Waals surface area contributed by atoms with Gasteiger partial charge in [-0.2, -0.15) is 5.10 Å². The standard InChI is InChI=1S/C20H17N5O6S/c1-11(12-4-8-15(9-5-12)25(30)31)23-24-20-22-18(27)16(32-20)10-17(26)21-14-6-2-13(3-7-14)19(28)29/h2-9,16H,10H2,1H3,(H,21,26)(H,28,29)(H,22,24,27)/b23-11-. The zero-order valence-corrected chi connectivity index (χ0v) is 17.5. The van der Waals surface area contributed by atoms with Crippen molar-refractivity contribution in [3.05, 3.63) is 69.8 Å². The lowest BCUT2D eigenvalue weighted by molar-refractivity contribution is -0.384. The molecule has 1 aliphatic heterocycles. The Bertz CT molecular complexity index is 1130. The summed E-state index contributed by atoms with van der Waals surface area (Å²) in [6.07, 6.45) is -0.110. The minimum atomic E-state index is -1.07. The van der Waals surface area contributed by atoms with Gasteiger partial charge in [-0.25, -0.2) is 4.79 Å². The molecule has 1 unspecified atom stereocenters. The van der Waals surface area contributed by atoms with Gasteiger partial charge in [0, 0.05) is 24.2 Å². The zero-order chi connectivity index (χ0) is 23.3. The van der Waals surface area contributed by atoms with E-state index in [1.165, 1.54) is 36.4 Å². The molecule has 1 atom stereocenters. The summed E-state index contributed by atoms with van der Waals surface area (Å²) < 4.78 is 0. The number of thioether (sulfide) groups is 1. The van der Waals surface area contributed by atoms with Crippen LogP contribution in [0.25, 0.3) is 0 Å². The number of carbonyl (C=O) groups is 3. The average Bonchev–Trinajstić information content (AvgIpc) is 3.11. The summed E-state index contributed by atoms with van der Waals surface area (Å²) in [7, 11) is 0. The van der Waals surface area contributed by atoms with Crippen molar-refractivity contribution in [2.24, 2.45) is 10.2 Å². The van der Waals surface area contributed by atoms with Crippen molar-refractivity contribution in [1.29, 1.82) is 0 Å². The van der Waals surface area contributed by atoms with E-state index >= 15 is 0 Å². The lowest BCUT2D eigenvalue weighted by atomic mass is 10.1. The molecule has 0 spiro atoms. The summed E-state index contributed by atoms with van der Waals surface area (Å²) in [6, 6.07) is 11.5. The largest absolute Gasteiger partial charge is 0.478 e. The molecule has 32 heavy (non-hydrogen) atoms. The first kappa shape index (κ1) is 22.6. The molecule has 11 nitrogen and oxygen atoms in total. The third-order valence-electron chi connectivity index (χ3n) is 4.35. The highest BCUT2D eigenvalue weighted by molar-refractivity contribution is 8.15. The SMILES string of the molecule is C/C(=N/N=C1\NC(=O)C(CC(=O)Nc2ccc(C(=O)O)cc2)S1)c1ccc([N+](=O)[O-])cc1. The number of amidine groups is 1. The molecule has 0 aliphatic carbocycles. The van der Waals surface area contributed by atoms with Crippen LogP contribution in [0.2, 0.25) is 0 Å². The topological polar surface area (TPSA) is 163 Å². The second-order valence-electron chi connectivity index (χ2n) is 6.63. The van der Waals surface area contributed by atoms with E-state index in [1.54, 1.807) is 19.1 Å². The average molecular weight is 455 g/mol. The molecule has 12 heteroatoms. The number of anilines is 1. The summed E-state index contributed by atoms with van der Waals surface area (Å²) in [5.41, 5.74) is 1.61. The fraction of sp³-hybridized carbons (Fsp3) is 0.150. The van der Waals surface area contributed by atoms with Crippen molar-refractivity contribution in [3.63, 3.8) is 0 Å². The minimum Gasteiger partial charge on any atom is -0.478 e. The number of nitro groups is 1. The number of benzene rings is 2. The Hall–Kier alpha value is -4.06. The molecule has 1 heterocycles. The molecule has 0 radical (unpaired) electrons. The van der Waals surface area contributed by atoms with E-state index in [-0.39, 0.29) is 28.7 Å². The number of carboxylic acids is 1. The summed E-state index contributed by atoms with van der Waals surface area (Å²) in [4.78, 5) is 45.5. The fourth-order valence-electron chi connectivity index (χ4n) is 2.67. The number of nitrogens with one attached hydrogen (secondary N) is 2. The molecule has 2 aromatic rings. The number of hydrogen-bond acceptors (Lipinski definition) is 8. The lowest BCUT2D eigenvalue weighted by Crippen LogP contribution is -2.28. The Kier molecular flexibility index (Phi) is 6.95. The Labute approximate surface area is 185 Å². The number of carbonyl (C=O) groups excluding carboxylic acids is 2. The second kappa shape index (κ2) is 9.83. The summed E-state index contributed by atoms with van der Waals surface area (Å²) in [5.74, 6) is -1.86. The summed E-state index contributed by atoms with van der Waals surface area (Å²) >= 11 is 1.06. The van der Waals surface area contributed by atoms with E-state index in [0.717, 1.165) is 11.8 Å². The maximum Gasteiger partial charge on any atom is 0.335 e. The van der Waals surface area contributed by atoms with Gasteiger partial charge < -0.3 is 15.7 Å². The van der Waals surface area contributed by atoms with Crippen LogP contribution in [0.1, 0.15) is 29.3 Å². The fourth-order valence-corrected chi connectivity index (χ4v) is 3.58. The van der Waals surface area contributed by atoms with Gasteiger partial charge in [-0.15, -0.1) is 5.10 Å². The Morgan fingerprint density at radius 1 is 1.16 bits per heavy atom. The van der Waals surface area contributed by atoms with Gasteiger partial charge in [0.05, 0.1) is 16.2 Å². The van der Waals surface area contributed by atoms with E-state index in [1.807, 2.05) is 0 Å². The van der Waals surface area contributed by atoms with Crippen molar-refractivity contribution in [2.45, 2.75) is 18.6 Å². The summed E-state index contributed by atoms with van der Waals surface area (Å²) in [6.45, 7) is 1.67. The van der Waals surface area contributed by atoms with Crippen molar-refractivity contribution in [1.82, 2.24) is 5.32 Å². The molecule has 1 saturated heterocycles. The molecule has 2 aromatic carbocycles. The summed E-state index contributed by atoms with van der Waals surface area (Å²) in [5, 5.41) is 32.4. The minimum absolute atomic E-state index is 0.0366. The van der Waals surface area contributed by atoms with E-state index < -0.39 is 22.0 Å². The molecular formula is C20H17N5O6S. The highest BCUT2D eigenvalue weighted by Crippen LogP contribution is 2.23. The van der Waals surface area contributed by atoms with Gasteiger partial charge in [-0.3, -0.25) is 19.7 Å². The number of hydrogen-bond donors (Lipinski definition) is 3. The van der Waals surface area contributed by atoms with E-state index in [9.17, 15) is 24.5 Å². The van der Waals surface area contributed by atoms with Gasteiger partial charge in [-0.05, 0) is 48.9 Å². The molecule has 164 valence electrons. The van der Waals surface area contributed by atoms with Crippen LogP contribution in [0.15, 0.2) is 58.7 Å². The number of nitro benzene ring substituents is 1. The van der Waals surface area contributed by atoms with Crippen LogP contribution in [0, 0.1) is 10.1 Å². The van der Waals surface area contributed by atoms with Gasteiger partial charge in [0.2, 0.25) is 11.8 Å². The molecule has 0 aromatic heterocycles. The highest BCUT2D eigenvalue weighted by Gasteiger charge is 2.32. The van der Waals surface area contributed by atoms with Crippen molar-refractivity contribution in [3.8, 4) is 0 Å². The van der Waals surface area contributed by atoms with Gasteiger partial charge in [0.1, 0.15) is 5.25 Å².